The Morgan fingerprint density at radius 2 is 2.20 bits per heavy atom. The van der Waals surface area contributed by atoms with E-state index in [1.54, 1.807) is 15.6 Å². The number of ether oxygens (including phenoxy) is 1. The lowest BCUT2D eigenvalue weighted by atomic mass is 10.2. The van der Waals surface area contributed by atoms with Gasteiger partial charge in [0, 0.05) is 44.1 Å². The molecule has 136 valence electrons. The van der Waals surface area contributed by atoms with Crippen LogP contribution in [0.3, 0.4) is 0 Å². The molecule has 1 fully saturated rings. The Morgan fingerprint density at radius 3 is 2.92 bits per heavy atom. The molecule has 1 unspecified atom stereocenters. The smallest absolute Gasteiger partial charge is 0.259 e. The van der Waals surface area contributed by atoms with Crippen molar-refractivity contribution in [3.8, 4) is 0 Å². The van der Waals surface area contributed by atoms with Crippen molar-refractivity contribution >= 4 is 11.6 Å². The van der Waals surface area contributed by atoms with E-state index in [0.29, 0.717) is 37.5 Å². The van der Waals surface area contributed by atoms with Crippen molar-refractivity contribution in [2.75, 3.05) is 39.3 Å². The number of nitrogens with two attached hydrogens (primary N) is 1. The van der Waals surface area contributed by atoms with Crippen LogP contribution in [-0.2, 0) is 11.3 Å². The highest BCUT2D eigenvalue weighted by molar-refractivity contribution is 5.99. The van der Waals surface area contributed by atoms with Crippen LogP contribution in [0.2, 0.25) is 0 Å². The standard InChI is InChI=1S/C17H26N6O2/c1-3-21(4-2)10-13-8-19-16-15(9-20-23(16)11-13)17(24)22-5-6-25-14(7-18)12-22/h8-9,11,14H,3-7,10,12,18H2,1-2H3. The van der Waals surface area contributed by atoms with E-state index in [-0.39, 0.29) is 12.0 Å². The molecule has 0 aromatic carbocycles. The minimum absolute atomic E-state index is 0.0688. The molecular formula is C17H26N6O2. The SMILES string of the molecule is CCN(CC)Cc1cnc2c(C(=O)N3CCOC(CN)C3)cnn2c1. The molecule has 0 bridgehead atoms. The highest BCUT2D eigenvalue weighted by Gasteiger charge is 2.26. The van der Waals surface area contributed by atoms with Gasteiger partial charge in [-0.2, -0.15) is 5.10 Å². The summed E-state index contributed by atoms with van der Waals surface area (Å²) < 4.78 is 7.21. The van der Waals surface area contributed by atoms with E-state index in [1.807, 2.05) is 12.4 Å². The van der Waals surface area contributed by atoms with Crippen molar-refractivity contribution < 1.29 is 9.53 Å². The second kappa shape index (κ2) is 7.90. The molecule has 8 nitrogen and oxygen atoms in total. The first-order valence-electron chi connectivity index (χ1n) is 8.81. The highest BCUT2D eigenvalue weighted by atomic mass is 16.5. The molecule has 25 heavy (non-hydrogen) atoms. The zero-order chi connectivity index (χ0) is 17.8. The van der Waals surface area contributed by atoms with E-state index in [9.17, 15) is 4.79 Å². The summed E-state index contributed by atoms with van der Waals surface area (Å²) in [6.07, 6.45) is 5.26. The minimum atomic E-state index is -0.104. The van der Waals surface area contributed by atoms with Crippen LogP contribution >= 0.6 is 0 Å². The molecule has 0 spiro atoms. The summed E-state index contributed by atoms with van der Waals surface area (Å²) in [6.45, 7) is 9.04. The lowest BCUT2D eigenvalue weighted by molar-refractivity contribution is -0.0166. The summed E-state index contributed by atoms with van der Waals surface area (Å²) in [6, 6.07) is 0. The topological polar surface area (TPSA) is 89.0 Å². The van der Waals surface area contributed by atoms with Gasteiger partial charge >= 0.3 is 0 Å². The second-order valence-electron chi connectivity index (χ2n) is 6.23. The normalized spacial score (nSPS) is 18.2. The van der Waals surface area contributed by atoms with Crippen LogP contribution in [0, 0.1) is 0 Å². The Labute approximate surface area is 147 Å². The van der Waals surface area contributed by atoms with Gasteiger partial charge in [-0.3, -0.25) is 9.69 Å². The molecule has 1 saturated heterocycles. The Hall–Kier alpha value is -2.03. The first-order chi connectivity index (χ1) is 12.2. The zero-order valence-corrected chi connectivity index (χ0v) is 14.9. The summed E-state index contributed by atoms with van der Waals surface area (Å²) in [7, 11) is 0. The minimum Gasteiger partial charge on any atom is -0.373 e. The molecule has 2 aromatic rings. The van der Waals surface area contributed by atoms with E-state index < -0.39 is 0 Å². The Kier molecular flexibility index (Phi) is 5.62. The molecule has 1 atom stereocenters. The monoisotopic (exact) mass is 346 g/mol. The van der Waals surface area contributed by atoms with Crippen molar-refractivity contribution in [1.82, 2.24) is 24.4 Å². The summed E-state index contributed by atoms with van der Waals surface area (Å²) in [5, 5.41) is 4.33. The third-order valence-corrected chi connectivity index (χ3v) is 4.63. The number of carbonyl (C=O) groups excluding carboxylic acids is 1. The predicted molar refractivity (Wildman–Crippen MR) is 94.3 cm³/mol. The summed E-state index contributed by atoms with van der Waals surface area (Å²) in [5.74, 6) is -0.0688. The van der Waals surface area contributed by atoms with Crippen LogP contribution in [0.15, 0.2) is 18.6 Å². The predicted octanol–water partition coefficient (Wildman–Crippen LogP) is 0.371. The first-order valence-corrected chi connectivity index (χ1v) is 8.81. The fourth-order valence-corrected chi connectivity index (χ4v) is 3.07. The number of rotatable bonds is 6. The van der Waals surface area contributed by atoms with Crippen LogP contribution in [-0.4, -0.2) is 75.7 Å². The van der Waals surface area contributed by atoms with Crippen molar-refractivity contribution in [1.29, 1.82) is 0 Å². The molecule has 2 aromatic heterocycles. The third-order valence-electron chi connectivity index (χ3n) is 4.63. The molecule has 1 aliphatic rings. The first kappa shape index (κ1) is 17.8. The molecule has 0 saturated carbocycles. The van der Waals surface area contributed by atoms with Gasteiger partial charge in [-0.25, -0.2) is 9.50 Å². The number of nitrogens with zero attached hydrogens (tertiary/aromatic N) is 5. The third kappa shape index (κ3) is 3.81. The van der Waals surface area contributed by atoms with E-state index in [4.69, 9.17) is 10.5 Å². The maximum atomic E-state index is 12.8. The van der Waals surface area contributed by atoms with E-state index in [1.165, 1.54) is 0 Å². The molecule has 2 N–H and O–H groups in total. The average molecular weight is 346 g/mol. The average Bonchev–Trinajstić information content (AvgIpc) is 3.08. The molecule has 3 heterocycles. The van der Waals surface area contributed by atoms with Gasteiger partial charge in [-0.15, -0.1) is 0 Å². The van der Waals surface area contributed by atoms with Gasteiger partial charge in [0.2, 0.25) is 0 Å². The molecule has 0 radical (unpaired) electrons. The van der Waals surface area contributed by atoms with Crippen molar-refractivity contribution in [3.05, 3.63) is 29.7 Å². The van der Waals surface area contributed by atoms with Gasteiger partial charge in [0.05, 0.1) is 18.9 Å². The number of aromatic nitrogens is 3. The van der Waals surface area contributed by atoms with E-state index >= 15 is 0 Å². The number of carbonyl (C=O) groups is 1. The number of fused-ring (bicyclic) bond motifs is 1. The van der Waals surface area contributed by atoms with Gasteiger partial charge in [-0.1, -0.05) is 13.8 Å². The van der Waals surface area contributed by atoms with Gasteiger partial charge in [-0.05, 0) is 13.1 Å². The van der Waals surface area contributed by atoms with Gasteiger partial charge in [0.25, 0.3) is 5.91 Å². The Morgan fingerprint density at radius 1 is 1.40 bits per heavy atom. The van der Waals surface area contributed by atoms with Crippen molar-refractivity contribution in [2.45, 2.75) is 26.5 Å². The van der Waals surface area contributed by atoms with Crippen molar-refractivity contribution in [2.24, 2.45) is 5.73 Å². The Bertz CT molecular complexity index is 727. The van der Waals surface area contributed by atoms with Gasteiger partial charge in [0.15, 0.2) is 5.65 Å². The van der Waals surface area contributed by atoms with Crippen LogP contribution in [0.4, 0.5) is 0 Å². The van der Waals surface area contributed by atoms with Gasteiger partial charge < -0.3 is 15.4 Å². The molecule has 1 amide bonds. The fourth-order valence-electron chi connectivity index (χ4n) is 3.07. The van der Waals surface area contributed by atoms with Crippen molar-refractivity contribution in [3.63, 3.8) is 0 Å². The molecule has 8 heteroatoms. The maximum Gasteiger partial charge on any atom is 0.259 e. The van der Waals surface area contributed by atoms with Crippen LogP contribution in [0.5, 0.6) is 0 Å². The van der Waals surface area contributed by atoms with Crippen LogP contribution in [0.1, 0.15) is 29.8 Å². The number of hydrogen-bond donors (Lipinski definition) is 1. The van der Waals surface area contributed by atoms with E-state index in [2.05, 4.69) is 28.8 Å². The highest BCUT2D eigenvalue weighted by Crippen LogP contribution is 2.15. The Balaban J connectivity index is 1.79. The van der Waals surface area contributed by atoms with E-state index in [0.717, 1.165) is 25.2 Å². The zero-order valence-electron chi connectivity index (χ0n) is 14.9. The quantitative estimate of drug-likeness (QED) is 0.813. The second-order valence-corrected chi connectivity index (χ2v) is 6.23. The number of morpholine rings is 1. The number of amides is 1. The molecular weight excluding hydrogens is 320 g/mol. The maximum absolute atomic E-state index is 12.8. The van der Waals surface area contributed by atoms with Crippen LogP contribution in [0.25, 0.3) is 5.65 Å². The van der Waals surface area contributed by atoms with Crippen LogP contribution < -0.4 is 5.73 Å². The lowest BCUT2D eigenvalue weighted by Crippen LogP contribution is -2.48. The molecule has 3 rings (SSSR count). The number of hydrogen-bond acceptors (Lipinski definition) is 6. The summed E-state index contributed by atoms with van der Waals surface area (Å²) in [4.78, 5) is 21.4. The molecule has 0 aliphatic carbocycles. The molecule has 1 aliphatic heterocycles. The summed E-state index contributed by atoms with van der Waals surface area (Å²) in [5.41, 5.74) is 7.84. The fraction of sp³-hybridized carbons (Fsp3) is 0.588. The lowest BCUT2D eigenvalue weighted by Gasteiger charge is -2.32. The largest absolute Gasteiger partial charge is 0.373 e. The summed E-state index contributed by atoms with van der Waals surface area (Å²) >= 11 is 0. The van der Waals surface area contributed by atoms with Gasteiger partial charge in [0.1, 0.15) is 5.56 Å².